The molecule has 1 aliphatic carbocycles. The molecule has 0 atom stereocenters. The van der Waals surface area contributed by atoms with E-state index in [1.807, 2.05) is 6.92 Å². The zero-order valence-electron chi connectivity index (χ0n) is 13.5. The minimum Gasteiger partial charge on any atom is -0.355 e. The van der Waals surface area contributed by atoms with Crippen LogP contribution in [0.3, 0.4) is 0 Å². The Kier molecular flexibility index (Phi) is 5.80. The van der Waals surface area contributed by atoms with Crippen molar-refractivity contribution in [3.05, 3.63) is 0 Å². The number of carbonyl (C=O) groups excluding carboxylic acids is 3. The highest BCUT2D eigenvalue weighted by molar-refractivity contribution is 6.09. The summed E-state index contributed by atoms with van der Waals surface area (Å²) in [5.74, 6) is -0.482. The second-order valence-electron chi connectivity index (χ2n) is 6.37. The van der Waals surface area contributed by atoms with Crippen LogP contribution in [0.4, 0.5) is 4.79 Å². The van der Waals surface area contributed by atoms with Gasteiger partial charge in [0.1, 0.15) is 12.1 Å². The van der Waals surface area contributed by atoms with E-state index < -0.39 is 11.6 Å². The zero-order valence-corrected chi connectivity index (χ0v) is 13.5. The van der Waals surface area contributed by atoms with Crippen molar-refractivity contribution in [2.24, 2.45) is 0 Å². The lowest BCUT2D eigenvalue weighted by Crippen LogP contribution is -2.48. The van der Waals surface area contributed by atoms with Crippen molar-refractivity contribution < 1.29 is 14.4 Å². The molecule has 1 heterocycles. The monoisotopic (exact) mass is 309 g/mol. The van der Waals surface area contributed by atoms with Gasteiger partial charge in [0.15, 0.2) is 0 Å². The van der Waals surface area contributed by atoms with Crippen molar-refractivity contribution >= 4 is 17.8 Å². The van der Waals surface area contributed by atoms with Crippen molar-refractivity contribution in [3.8, 4) is 0 Å². The van der Waals surface area contributed by atoms with Gasteiger partial charge in [-0.15, -0.1) is 0 Å². The second kappa shape index (κ2) is 7.61. The molecule has 2 rings (SSSR count). The lowest BCUT2D eigenvalue weighted by atomic mass is 9.84. The fourth-order valence-electron chi connectivity index (χ4n) is 3.27. The molecule has 2 N–H and O–H groups in total. The van der Waals surface area contributed by atoms with Gasteiger partial charge >= 0.3 is 6.03 Å². The third-order valence-corrected chi connectivity index (χ3v) is 4.61. The Morgan fingerprint density at radius 2 is 1.82 bits per heavy atom. The van der Waals surface area contributed by atoms with Gasteiger partial charge in [-0.1, -0.05) is 45.4 Å². The largest absolute Gasteiger partial charge is 0.355 e. The van der Waals surface area contributed by atoms with Crippen molar-refractivity contribution in [3.63, 3.8) is 0 Å². The summed E-state index contributed by atoms with van der Waals surface area (Å²) in [5, 5.41) is 5.62. The fourth-order valence-corrected chi connectivity index (χ4v) is 3.27. The van der Waals surface area contributed by atoms with Crippen LogP contribution < -0.4 is 10.6 Å². The maximum atomic E-state index is 12.7. The molecule has 0 aromatic rings. The summed E-state index contributed by atoms with van der Waals surface area (Å²) >= 11 is 0. The average Bonchev–Trinajstić information content (AvgIpc) is 2.69. The van der Waals surface area contributed by atoms with E-state index in [1.54, 1.807) is 0 Å². The number of rotatable bonds is 5. The number of amides is 4. The predicted molar refractivity (Wildman–Crippen MR) is 83.2 cm³/mol. The van der Waals surface area contributed by atoms with Crippen molar-refractivity contribution in [2.45, 2.75) is 70.3 Å². The molecule has 0 aromatic carbocycles. The first-order valence-electron chi connectivity index (χ1n) is 8.50. The van der Waals surface area contributed by atoms with Gasteiger partial charge in [0.2, 0.25) is 5.91 Å². The Morgan fingerprint density at radius 1 is 1.18 bits per heavy atom. The first-order valence-corrected chi connectivity index (χ1v) is 8.50. The van der Waals surface area contributed by atoms with Gasteiger partial charge in [-0.05, 0) is 19.3 Å². The van der Waals surface area contributed by atoms with Gasteiger partial charge in [0, 0.05) is 6.54 Å². The number of unbranched alkanes of at least 4 members (excludes halogenated alkanes) is 1. The van der Waals surface area contributed by atoms with Gasteiger partial charge in [0.05, 0.1) is 0 Å². The number of hydrogen-bond donors (Lipinski definition) is 2. The standard InChI is InChI=1S/C16H27N3O3/c1-2-3-11-17-13(20)12-19-14(21)16(18-15(19)22)9-7-5-4-6-8-10-16/h2-12H2,1H3,(H,17,20)(H,18,22). The summed E-state index contributed by atoms with van der Waals surface area (Å²) in [4.78, 5) is 37.8. The van der Waals surface area contributed by atoms with Gasteiger partial charge < -0.3 is 10.6 Å². The van der Waals surface area contributed by atoms with E-state index in [0.29, 0.717) is 19.4 Å². The van der Waals surface area contributed by atoms with Crippen LogP contribution in [0.25, 0.3) is 0 Å². The van der Waals surface area contributed by atoms with Crippen molar-refractivity contribution in [1.29, 1.82) is 0 Å². The summed E-state index contributed by atoms with van der Waals surface area (Å²) in [7, 11) is 0. The summed E-state index contributed by atoms with van der Waals surface area (Å²) < 4.78 is 0. The summed E-state index contributed by atoms with van der Waals surface area (Å²) in [6.45, 7) is 2.46. The van der Waals surface area contributed by atoms with Crippen LogP contribution in [0, 0.1) is 0 Å². The highest BCUT2D eigenvalue weighted by Gasteiger charge is 2.50. The number of nitrogens with one attached hydrogen (secondary N) is 2. The lowest BCUT2D eigenvalue weighted by Gasteiger charge is -2.28. The minimum absolute atomic E-state index is 0.171. The number of nitrogens with zero attached hydrogens (tertiary/aromatic N) is 1. The van der Waals surface area contributed by atoms with E-state index >= 15 is 0 Å². The minimum atomic E-state index is -0.763. The highest BCUT2D eigenvalue weighted by Crippen LogP contribution is 2.31. The van der Waals surface area contributed by atoms with Crippen LogP contribution in [-0.4, -0.2) is 41.4 Å². The van der Waals surface area contributed by atoms with Crippen LogP contribution in [0.1, 0.15) is 64.7 Å². The summed E-state index contributed by atoms with van der Waals surface area (Å²) in [6, 6.07) is -0.420. The number of carbonyl (C=O) groups is 3. The van der Waals surface area contributed by atoms with E-state index in [2.05, 4.69) is 10.6 Å². The molecule has 6 nitrogen and oxygen atoms in total. The molecule has 1 aliphatic heterocycles. The first kappa shape index (κ1) is 16.8. The van der Waals surface area contributed by atoms with Crippen LogP contribution >= 0.6 is 0 Å². The van der Waals surface area contributed by atoms with Gasteiger partial charge in [-0.3, -0.25) is 14.5 Å². The van der Waals surface area contributed by atoms with E-state index in [-0.39, 0.29) is 18.4 Å². The summed E-state index contributed by atoms with van der Waals surface area (Å²) in [5.41, 5.74) is -0.763. The first-order chi connectivity index (χ1) is 10.6. The third-order valence-electron chi connectivity index (χ3n) is 4.61. The van der Waals surface area contributed by atoms with E-state index in [0.717, 1.165) is 43.4 Å². The predicted octanol–water partition coefficient (Wildman–Crippen LogP) is 1.94. The molecule has 0 radical (unpaired) electrons. The smallest absolute Gasteiger partial charge is 0.325 e. The Balaban J connectivity index is 1.96. The van der Waals surface area contributed by atoms with Crippen molar-refractivity contribution in [2.75, 3.05) is 13.1 Å². The van der Waals surface area contributed by atoms with Crippen LogP contribution in [0.5, 0.6) is 0 Å². The quantitative estimate of drug-likeness (QED) is 0.602. The van der Waals surface area contributed by atoms with Crippen molar-refractivity contribution in [1.82, 2.24) is 15.5 Å². The fraction of sp³-hybridized carbons (Fsp3) is 0.812. The molecule has 22 heavy (non-hydrogen) atoms. The Hall–Kier alpha value is -1.59. The Bertz CT molecular complexity index is 428. The maximum Gasteiger partial charge on any atom is 0.325 e. The number of urea groups is 1. The number of imide groups is 1. The maximum absolute atomic E-state index is 12.7. The highest BCUT2D eigenvalue weighted by atomic mass is 16.2. The van der Waals surface area contributed by atoms with Crippen LogP contribution in [0.15, 0.2) is 0 Å². The Morgan fingerprint density at radius 3 is 2.45 bits per heavy atom. The molecule has 2 fully saturated rings. The molecule has 4 amide bonds. The lowest BCUT2D eigenvalue weighted by molar-refractivity contribution is -0.135. The molecule has 0 aromatic heterocycles. The molecular weight excluding hydrogens is 282 g/mol. The Labute approximate surface area is 132 Å². The zero-order chi connectivity index (χ0) is 16.0. The van der Waals surface area contributed by atoms with Crippen LogP contribution in [-0.2, 0) is 9.59 Å². The van der Waals surface area contributed by atoms with Crippen LogP contribution in [0.2, 0.25) is 0 Å². The molecule has 1 saturated heterocycles. The molecule has 0 bridgehead atoms. The number of hydrogen-bond acceptors (Lipinski definition) is 3. The van der Waals surface area contributed by atoms with E-state index in [9.17, 15) is 14.4 Å². The van der Waals surface area contributed by atoms with E-state index in [4.69, 9.17) is 0 Å². The molecule has 0 unspecified atom stereocenters. The average molecular weight is 309 g/mol. The molecule has 1 saturated carbocycles. The SMILES string of the molecule is CCCCNC(=O)CN1C(=O)NC2(CCCCCCC2)C1=O. The van der Waals surface area contributed by atoms with E-state index in [1.165, 1.54) is 6.42 Å². The molecular formula is C16H27N3O3. The molecule has 2 aliphatic rings. The van der Waals surface area contributed by atoms with Gasteiger partial charge in [-0.25, -0.2) is 4.79 Å². The topological polar surface area (TPSA) is 78.5 Å². The summed E-state index contributed by atoms with van der Waals surface area (Å²) in [6.07, 6.45) is 8.55. The molecule has 1 spiro atoms. The normalized spacial score (nSPS) is 21.4. The third kappa shape index (κ3) is 3.78. The molecule has 124 valence electrons. The van der Waals surface area contributed by atoms with Gasteiger partial charge in [-0.2, -0.15) is 0 Å². The van der Waals surface area contributed by atoms with Gasteiger partial charge in [0.25, 0.3) is 5.91 Å². The second-order valence-corrected chi connectivity index (χ2v) is 6.37. The molecule has 6 heteroatoms.